The topological polar surface area (TPSA) is 93.4 Å². The highest BCUT2D eigenvalue weighted by atomic mass is 32.2. The fraction of sp³-hybridized carbons (Fsp3) is 0.471. The van der Waals surface area contributed by atoms with Crippen LogP contribution in [-0.4, -0.2) is 47.0 Å². The number of aromatic nitrogens is 2. The van der Waals surface area contributed by atoms with Crippen molar-refractivity contribution in [3.05, 3.63) is 24.3 Å². The molecule has 0 unspecified atom stereocenters. The zero-order chi connectivity index (χ0) is 18.7. The molecule has 9 heteroatoms. The molecule has 1 fully saturated rings. The maximum absolute atomic E-state index is 12.7. The Labute approximate surface area is 157 Å². The molecule has 2 aromatic rings. The van der Waals surface area contributed by atoms with Crippen molar-refractivity contribution in [1.82, 2.24) is 14.5 Å². The van der Waals surface area contributed by atoms with Crippen LogP contribution in [0.1, 0.15) is 33.1 Å². The van der Waals surface area contributed by atoms with Crippen LogP contribution in [0.4, 0.5) is 0 Å². The van der Waals surface area contributed by atoms with E-state index in [-0.39, 0.29) is 21.8 Å². The zero-order valence-electron chi connectivity index (χ0n) is 14.7. The van der Waals surface area contributed by atoms with Crippen molar-refractivity contribution in [3.8, 4) is 11.5 Å². The third kappa shape index (κ3) is 3.84. The van der Waals surface area contributed by atoms with Crippen LogP contribution in [0.25, 0.3) is 11.5 Å². The van der Waals surface area contributed by atoms with Crippen LogP contribution >= 0.6 is 11.8 Å². The molecule has 1 saturated carbocycles. The van der Waals surface area contributed by atoms with Gasteiger partial charge < -0.3 is 4.42 Å². The predicted molar refractivity (Wildman–Crippen MR) is 98.3 cm³/mol. The van der Waals surface area contributed by atoms with Gasteiger partial charge in [-0.3, -0.25) is 4.79 Å². The van der Waals surface area contributed by atoms with Gasteiger partial charge in [0.2, 0.25) is 15.9 Å². The molecule has 26 heavy (non-hydrogen) atoms. The van der Waals surface area contributed by atoms with Gasteiger partial charge in [0.05, 0.1) is 10.1 Å². The van der Waals surface area contributed by atoms with Gasteiger partial charge in [-0.1, -0.05) is 31.7 Å². The Hall–Kier alpha value is -1.71. The summed E-state index contributed by atoms with van der Waals surface area (Å²) in [5.41, 5.74) is 0.537. The summed E-state index contributed by atoms with van der Waals surface area (Å²) in [5, 5.41) is 8.19. The third-order valence-corrected chi connectivity index (χ3v) is 7.52. The van der Waals surface area contributed by atoms with Gasteiger partial charge in [-0.15, -0.1) is 10.2 Å². The van der Waals surface area contributed by atoms with Gasteiger partial charge in [-0.05, 0) is 31.0 Å². The molecule has 1 heterocycles. The lowest BCUT2D eigenvalue weighted by Crippen LogP contribution is -2.30. The van der Waals surface area contributed by atoms with Crippen molar-refractivity contribution in [2.75, 3.05) is 13.1 Å². The van der Waals surface area contributed by atoms with Crippen LogP contribution in [0.3, 0.4) is 0 Å². The third-order valence-electron chi connectivity index (χ3n) is 4.32. The molecular weight excluding hydrogens is 374 g/mol. The van der Waals surface area contributed by atoms with Gasteiger partial charge in [0.15, 0.2) is 0 Å². The van der Waals surface area contributed by atoms with E-state index in [9.17, 15) is 13.2 Å². The number of nitrogens with zero attached hydrogens (tertiary/aromatic N) is 3. The van der Waals surface area contributed by atoms with Crippen LogP contribution in [0.5, 0.6) is 0 Å². The first-order valence-corrected chi connectivity index (χ1v) is 10.9. The first-order chi connectivity index (χ1) is 12.5. The van der Waals surface area contributed by atoms with Crippen LogP contribution in [-0.2, 0) is 14.8 Å². The fourth-order valence-electron chi connectivity index (χ4n) is 2.91. The Balaban J connectivity index is 1.84. The number of hydrogen-bond donors (Lipinski definition) is 0. The normalized spacial score (nSPS) is 18.0. The first kappa shape index (κ1) is 19.1. The molecule has 1 atom stereocenters. The summed E-state index contributed by atoms with van der Waals surface area (Å²) in [6.07, 6.45) is 2.31. The van der Waals surface area contributed by atoms with Crippen LogP contribution < -0.4 is 0 Å². The second-order valence-electron chi connectivity index (χ2n) is 5.96. The van der Waals surface area contributed by atoms with E-state index in [1.165, 1.54) is 22.1 Å². The number of Topliss-reactive ketones (excluding diaryl/α,β-unsaturated/α-hetero) is 1. The second-order valence-corrected chi connectivity index (χ2v) is 9.05. The van der Waals surface area contributed by atoms with Crippen molar-refractivity contribution >= 4 is 27.6 Å². The molecule has 1 aromatic carbocycles. The van der Waals surface area contributed by atoms with Crippen molar-refractivity contribution in [2.24, 2.45) is 0 Å². The van der Waals surface area contributed by atoms with E-state index in [0.717, 1.165) is 12.8 Å². The van der Waals surface area contributed by atoms with Crippen molar-refractivity contribution in [1.29, 1.82) is 0 Å². The highest BCUT2D eigenvalue weighted by Gasteiger charge is 2.28. The highest BCUT2D eigenvalue weighted by molar-refractivity contribution is 8.00. The molecule has 0 saturated heterocycles. The summed E-state index contributed by atoms with van der Waals surface area (Å²) in [5.74, 6) is 0.455. The number of hydrogen-bond acceptors (Lipinski definition) is 7. The summed E-state index contributed by atoms with van der Waals surface area (Å²) >= 11 is 1.28. The summed E-state index contributed by atoms with van der Waals surface area (Å²) in [4.78, 5) is 11.9. The van der Waals surface area contributed by atoms with Gasteiger partial charge in [0.25, 0.3) is 5.22 Å². The van der Waals surface area contributed by atoms with Crippen LogP contribution in [0.2, 0.25) is 0 Å². The number of thioether (sulfide) groups is 1. The van der Waals surface area contributed by atoms with Gasteiger partial charge in [0, 0.05) is 25.1 Å². The van der Waals surface area contributed by atoms with Gasteiger partial charge >= 0.3 is 0 Å². The average Bonchev–Trinajstić information content (AvgIpc) is 3.26. The number of ketones is 1. The van der Waals surface area contributed by atoms with Gasteiger partial charge in [-0.2, -0.15) is 4.31 Å². The SMILES string of the molecule is CCN(CC)S(=O)(=O)c1cccc(-c2nnc(S[C@@H]3CCCC3=O)o2)c1. The molecule has 3 rings (SSSR count). The second kappa shape index (κ2) is 7.89. The molecule has 0 amide bonds. The maximum atomic E-state index is 12.7. The van der Waals surface area contributed by atoms with Crippen molar-refractivity contribution in [3.63, 3.8) is 0 Å². The lowest BCUT2D eigenvalue weighted by atomic mass is 10.2. The number of carbonyl (C=O) groups is 1. The quantitative estimate of drug-likeness (QED) is 0.711. The lowest BCUT2D eigenvalue weighted by Gasteiger charge is -2.18. The molecule has 1 aromatic heterocycles. The standard InChI is InChI=1S/C17H21N3O4S2/c1-3-20(4-2)26(22,23)13-8-5-7-12(11-13)16-18-19-17(24-16)25-15-10-6-9-14(15)21/h5,7-8,11,15H,3-4,6,9-10H2,1-2H3/t15-/m1/s1. The zero-order valence-corrected chi connectivity index (χ0v) is 16.3. The molecule has 0 spiro atoms. The van der Waals surface area contributed by atoms with Gasteiger partial charge in [0.1, 0.15) is 5.78 Å². The Morgan fingerprint density at radius 2 is 2.04 bits per heavy atom. The van der Waals surface area contributed by atoms with E-state index in [2.05, 4.69) is 10.2 Å². The summed E-state index contributed by atoms with van der Waals surface area (Å²) in [6, 6.07) is 6.48. The smallest absolute Gasteiger partial charge is 0.277 e. The molecule has 7 nitrogen and oxygen atoms in total. The van der Waals surface area contributed by atoms with Crippen LogP contribution in [0.15, 0.2) is 38.8 Å². The van der Waals surface area contributed by atoms with E-state index in [4.69, 9.17) is 4.42 Å². The molecular formula is C17H21N3O4S2. The van der Waals surface area contributed by atoms with Crippen molar-refractivity contribution < 1.29 is 17.6 Å². The Bertz CT molecular complexity index is 891. The lowest BCUT2D eigenvalue weighted by molar-refractivity contribution is -0.116. The first-order valence-electron chi connectivity index (χ1n) is 8.59. The van der Waals surface area contributed by atoms with E-state index in [1.54, 1.807) is 32.0 Å². The number of carbonyl (C=O) groups excluding carboxylic acids is 1. The van der Waals surface area contributed by atoms with Gasteiger partial charge in [-0.25, -0.2) is 8.42 Å². The molecule has 1 aliphatic carbocycles. The molecule has 0 N–H and O–H groups in total. The minimum absolute atomic E-state index is 0.127. The van der Waals surface area contributed by atoms with E-state index in [1.807, 2.05) is 0 Å². The minimum Gasteiger partial charge on any atom is -0.411 e. The number of rotatable bonds is 7. The minimum atomic E-state index is -3.56. The highest BCUT2D eigenvalue weighted by Crippen LogP contribution is 2.33. The molecule has 0 aliphatic heterocycles. The average molecular weight is 396 g/mol. The van der Waals surface area contributed by atoms with Crippen molar-refractivity contribution in [2.45, 2.75) is 48.5 Å². The molecule has 140 valence electrons. The Kier molecular flexibility index (Phi) is 5.79. The number of sulfonamides is 1. The predicted octanol–water partition coefficient (Wildman–Crippen LogP) is 2.98. The number of benzene rings is 1. The largest absolute Gasteiger partial charge is 0.411 e. The summed E-state index contributed by atoms with van der Waals surface area (Å²) in [7, 11) is -3.56. The maximum Gasteiger partial charge on any atom is 0.277 e. The van der Waals surface area contributed by atoms with E-state index < -0.39 is 10.0 Å². The van der Waals surface area contributed by atoms with Crippen LogP contribution in [0, 0.1) is 0 Å². The molecule has 1 aliphatic rings. The monoisotopic (exact) mass is 395 g/mol. The fourth-order valence-corrected chi connectivity index (χ4v) is 5.40. The summed E-state index contributed by atoms with van der Waals surface area (Å²) < 4.78 is 32.4. The molecule has 0 bridgehead atoms. The Morgan fingerprint density at radius 1 is 1.27 bits per heavy atom. The molecule has 0 radical (unpaired) electrons. The van der Waals surface area contributed by atoms with E-state index >= 15 is 0 Å². The summed E-state index contributed by atoms with van der Waals surface area (Å²) in [6.45, 7) is 4.41. The van der Waals surface area contributed by atoms with E-state index in [0.29, 0.717) is 30.3 Å². The Morgan fingerprint density at radius 3 is 2.69 bits per heavy atom.